The first-order valence-electron chi connectivity index (χ1n) is 14.1. The van der Waals surface area contributed by atoms with E-state index < -0.39 is 13.6 Å². The topological polar surface area (TPSA) is 167 Å². The van der Waals surface area contributed by atoms with Crippen LogP contribution in [0, 0.1) is 5.82 Å². The van der Waals surface area contributed by atoms with E-state index in [2.05, 4.69) is 40.0 Å². The van der Waals surface area contributed by atoms with E-state index in [0.717, 1.165) is 44.5 Å². The highest BCUT2D eigenvalue weighted by Gasteiger charge is 2.19. The molecule has 234 valence electrons. The fourth-order valence-corrected chi connectivity index (χ4v) is 5.11. The molecular weight excluding hydrogens is 594 g/mol. The Bertz CT molecular complexity index is 1610. The summed E-state index contributed by atoms with van der Waals surface area (Å²) in [6.45, 7) is 5.28. The molecule has 0 radical (unpaired) electrons. The molecule has 16 heteroatoms. The number of phosphoric acid groups is 1. The summed E-state index contributed by atoms with van der Waals surface area (Å²) < 4.78 is 36.1. The molecule has 0 bridgehead atoms. The lowest BCUT2D eigenvalue weighted by Gasteiger charge is -2.34. The number of anilines is 3. The molecule has 0 aliphatic carbocycles. The lowest BCUT2D eigenvalue weighted by Crippen LogP contribution is -2.47. The summed E-state index contributed by atoms with van der Waals surface area (Å²) in [6.07, 6.45) is 5.57. The second kappa shape index (κ2) is 14.7. The van der Waals surface area contributed by atoms with Crippen LogP contribution < -0.4 is 15.4 Å². The van der Waals surface area contributed by atoms with Crippen molar-refractivity contribution in [1.82, 2.24) is 29.5 Å². The molecular formula is C28H34FN8O6P. The van der Waals surface area contributed by atoms with Crippen molar-refractivity contribution in [2.24, 2.45) is 0 Å². The van der Waals surface area contributed by atoms with Gasteiger partial charge in [-0.15, -0.1) is 0 Å². The molecule has 4 N–H and O–H groups in total. The first kappa shape index (κ1) is 31.4. The number of hydrogen-bond acceptors (Lipinski definition) is 10. The number of benzene rings is 2. The van der Waals surface area contributed by atoms with Gasteiger partial charge >= 0.3 is 7.82 Å². The summed E-state index contributed by atoms with van der Waals surface area (Å²) in [5.74, 6) is 0.518. The Balaban J connectivity index is 1.06. The third-order valence-electron chi connectivity index (χ3n) is 6.94. The van der Waals surface area contributed by atoms with Gasteiger partial charge in [-0.25, -0.2) is 18.9 Å². The second-order valence-corrected chi connectivity index (χ2v) is 11.5. The molecule has 1 fully saturated rings. The van der Waals surface area contributed by atoms with Gasteiger partial charge in [-0.3, -0.25) is 18.9 Å². The van der Waals surface area contributed by atoms with Gasteiger partial charge in [0.1, 0.15) is 30.3 Å². The van der Waals surface area contributed by atoms with Crippen LogP contribution in [-0.4, -0.2) is 97.7 Å². The minimum absolute atomic E-state index is 0.0115. The molecule has 14 nitrogen and oxygen atoms in total. The quantitative estimate of drug-likeness (QED) is 0.119. The minimum Gasteiger partial charge on any atom is -0.493 e. The van der Waals surface area contributed by atoms with Gasteiger partial charge in [-0.1, -0.05) is 6.07 Å². The highest BCUT2D eigenvalue weighted by atomic mass is 31.2. The summed E-state index contributed by atoms with van der Waals surface area (Å²) in [5.41, 5.74) is 1.72. The third kappa shape index (κ3) is 9.51. The van der Waals surface area contributed by atoms with Crippen LogP contribution in [0.15, 0.2) is 61.2 Å². The van der Waals surface area contributed by atoms with Gasteiger partial charge in [0.15, 0.2) is 0 Å². The smallest absolute Gasteiger partial charge is 0.469 e. The van der Waals surface area contributed by atoms with Crippen LogP contribution in [0.25, 0.3) is 10.9 Å². The molecule has 1 saturated heterocycles. The molecule has 0 unspecified atom stereocenters. The largest absolute Gasteiger partial charge is 0.493 e. The molecule has 1 aliphatic rings. The van der Waals surface area contributed by atoms with E-state index in [0.29, 0.717) is 41.6 Å². The van der Waals surface area contributed by atoms with E-state index in [-0.39, 0.29) is 19.1 Å². The highest BCUT2D eigenvalue weighted by molar-refractivity contribution is 7.46. The van der Waals surface area contributed by atoms with Crippen LogP contribution in [0.2, 0.25) is 0 Å². The zero-order valence-corrected chi connectivity index (χ0v) is 24.8. The summed E-state index contributed by atoms with van der Waals surface area (Å²) in [7, 11) is -4.42. The Morgan fingerprint density at radius 1 is 1.00 bits per heavy atom. The summed E-state index contributed by atoms with van der Waals surface area (Å²) in [5, 5.41) is 10.9. The third-order valence-corrected chi connectivity index (χ3v) is 7.46. The van der Waals surface area contributed by atoms with Gasteiger partial charge in [0.25, 0.3) is 0 Å². The number of aromatic nitrogens is 4. The molecule has 2 aromatic heterocycles. The van der Waals surface area contributed by atoms with Crippen molar-refractivity contribution in [3.05, 3.63) is 67.0 Å². The van der Waals surface area contributed by atoms with Gasteiger partial charge in [0.2, 0.25) is 5.91 Å². The molecule has 44 heavy (non-hydrogen) atoms. The Labute approximate surface area is 253 Å². The number of nitrogens with zero attached hydrogens (tertiary/aromatic N) is 6. The van der Waals surface area contributed by atoms with Gasteiger partial charge < -0.3 is 30.1 Å². The zero-order chi connectivity index (χ0) is 30.9. The second-order valence-electron chi connectivity index (χ2n) is 10.2. The Kier molecular flexibility index (Phi) is 10.5. The Hall–Kier alpha value is -3.98. The fourth-order valence-electron chi connectivity index (χ4n) is 4.79. The SMILES string of the molecule is O=C(Cn1cc(Nc2ncnc3cc(OCCCN4CCN(CCOP(=O)(O)O)CC4)ccc23)cn1)Nc1cccc(F)c1. The molecule has 1 aliphatic heterocycles. The molecule has 0 atom stereocenters. The van der Waals surface area contributed by atoms with Crippen molar-refractivity contribution in [2.75, 3.05) is 63.1 Å². The van der Waals surface area contributed by atoms with Crippen LogP contribution in [0.5, 0.6) is 5.75 Å². The standard InChI is InChI=1S/C28H34FN8O6P/c29-21-3-1-4-22(15-21)33-27(38)19-37-18-23(17-32-37)34-28-25-6-5-24(16-26(25)30-20-31-28)42-13-2-7-35-8-10-36(11-9-35)12-14-43-44(39,40)41/h1,3-6,15-18,20H,2,7-14,19H2,(H,33,38)(H,30,31,34)(H2,39,40,41). The van der Waals surface area contributed by atoms with Gasteiger partial charge in [0, 0.05) is 62.6 Å². The predicted molar refractivity (Wildman–Crippen MR) is 161 cm³/mol. The average Bonchev–Trinajstić information content (AvgIpc) is 3.41. The number of piperazine rings is 1. The first-order chi connectivity index (χ1) is 21.2. The van der Waals surface area contributed by atoms with Crippen molar-refractivity contribution in [3.63, 3.8) is 0 Å². The van der Waals surface area contributed by atoms with Crippen molar-refractivity contribution in [1.29, 1.82) is 0 Å². The zero-order valence-electron chi connectivity index (χ0n) is 23.9. The average molecular weight is 629 g/mol. The van der Waals surface area contributed by atoms with Crippen molar-refractivity contribution in [3.8, 4) is 5.75 Å². The van der Waals surface area contributed by atoms with Crippen LogP contribution in [0.4, 0.5) is 21.6 Å². The van der Waals surface area contributed by atoms with Crippen molar-refractivity contribution in [2.45, 2.75) is 13.0 Å². The van der Waals surface area contributed by atoms with Gasteiger partial charge in [0.05, 0.1) is 30.6 Å². The van der Waals surface area contributed by atoms with E-state index >= 15 is 0 Å². The van der Waals surface area contributed by atoms with E-state index in [9.17, 15) is 13.8 Å². The van der Waals surface area contributed by atoms with Crippen LogP contribution >= 0.6 is 7.82 Å². The molecule has 0 spiro atoms. The molecule has 4 aromatic rings. The predicted octanol–water partition coefficient (Wildman–Crippen LogP) is 2.84. The monoisotopic (exact) mass is 628 g/mol. The number of carbonyl (C=O) groups excluding carboxylic acids is 1. The number of carbonyl (C=O) groups is 1. The number of hydrogen-bond donors (Lipinski definition) is 4. The molecule has 1 amide bonds. The number of rotatable bonds is 14. The van der Waals surface area contributed by atoms with Crippen LogP contribution in [-0.2, 0) is 20.4 Å². The molecule has 3 heterocycles. The number of phosphoric ester groups is 1. The van der Waals surface area contributed by atoms with E-state index in [1.54, 1.807) is 18.5 Å². The molecule has 5 rings (SSSR count). The number of nitrogens with one attached hydrogen (secondary N) is 2. The summed E-state index contributed by atoms with van der Waals surface area (Å²) in [6, 6.07) is 11.3. The Morgan fingerprint density at radius 2 is 1.80 bits per heavy atom. The summed E-state index contributed by atoms with van der Waals surface area (Å²) in [4.78, 5) is 43.1. The fraction of sp³-hybridized carbons (Fsp3) is 0.357. The maximum Gasteiger partial charge on any atom is 0.469 e. The Morgan fingerprint density at radius 3 is 2.57 bits per heavy atom. The lowest BCUT2D eigenvalue weighted by atomic mass is 10.2. The lowest BCUT2D eigenvalue weighted by molar-refractivity contribution is -0.116. The highest BCUT2D eigenvalue weighted by Crippen LogP contribution is 2.35. The van der Waals surface area contributed by atoms with Crippen LogP contribution in [0.3, 0.4) is 0 Å². The molecule has 2 aromatic carbocycles. The molecule has 0 saturated carbocycles. The normalized spacial score (nSPS) is 14.5. The minimum atomic E-state index is -4.42. The van der Waals surface area contributed by atoms with Gasteiger partial charge in [-0.2, -0.15) is 5.10 Å². The summed E-state index contributed by atoms with van der Waals surface area (Å²) >= 11 is 0. The van der Waals surface area contributed by atoms with Crippen molar-refractivity contribution >= 4 is 41.8 Å². The maximum atomic E-state index is 13.4. The van der Waals surface area contributed by atoms with Crippen LogP contribution in [0.1, 0.15) is 6.42 Å². The van der Waals surface area contributed by atoms with Crippen molar-refractivity contribution < 1.29 is 32.8 Å². The number of halogens is 1. The first-order valence-corrected chi connectivity index (χ1v) is 15.6. The number of fused-ring (bicyclic) bond motifs is 1. The van der Waals surface area contributed by atoms with Gasteiger partial charge in [-0.05, 0) is 36.8 Å². The maximum absolute atomic E-state index is 13.4. The van der Waals surface area contributed by atoms with E-state index in [1.807, 2.05) is 18.2 Å². The number of amides is 1. The number of ether oxygens (including phenoxy) is 1. The van der Waals surface area contributed by atoms with E-state index in [4.69, 9.17) is 14.5 Å². The van der Waals surface area contributed by atoms with E-state index in [1.165, 1.54) is 29.2 Å².